The molecule has 0 saturated carbocycles. The molecule has 0 bridgehead atoms. The molecule has 1 amide bonds. The molecule has 1 aromatic heterocycles. The van der Waals surface area contributed by atoms with Gasteiger partial charge in [0.05, 0.1) is 12.2 Å². The van der Waals surface area contributed by atoms with E-state index in [0.717, 1.165) is 5.69 Å². The number of oxime groups is 1. The summed E-state index contributed by atoms with van der Waals surface area (Å²) in [6.45, 7) is 2.79. The molecule has 1 fully saturated rings. The number of nitrogens with one attached hydrogen (secondary N) is 1. The van der Waals surface area contributed by atoms with Crippen molar-refractivity contribution in [2.75, 3.05) is 13.2 Å². The van der Waals surface area contributed by atoms with Gasteiger partial charge < -0.3 is 25.5 Å². The van der Waals surface area contributed by atoms with Crippen LogP contribution in [-0.2, 0) is 16.1 Å². The Labute approximate surface area is 115 Å². The molecule has 0 atom stereocenters. The maximum Gasteiger partial charge on any atom is 0.234 e. The van der Waals surface area contributed by atoms with Gasteiger partial charge in [-0.15, -0.1) is 0 Å². The molecule has 2 heterocycles. The lowest BCUT2D eigenvalue weighted by Gasteiger charge is -2.34. The van der Waals surface area contributed by atoms with Crippen molar-refractivity contribution in [2.24, 2.45) is 16.3 Å². The molecule has 1 aliphatic heterocycles. The second-order valence-corrected chi connectivity index (χ2v) is 4.80. The third kappa shape index (κ3) is 2.74. The van der Waals surface area contributed by atoms with Crippen molar-refractivity contribution in [3.05, 3.63) is 17.5 Å². The van der Waals surface area contributed by atoms with Gasteiger partial charge in [0, 0.05) is 19.3 Å². The Morgan fingerprint density at radius 1 is 1.60 bits per heavy atom. The zero-order chi connectivity index (χ0) is 14.6. The van der Waals surface area contributed by atoms with Crippen LogP contribution in [0.15, 0.2) is 15.7 Å². The van der Waals surface area contributed by atoms with Crippen molar-refractivity contribution in [1.29, 1.82) is 0 Å². The van der Waals surface area contributed by atoms with Gasteiger partial charge in [-0.25, -0.2) is 0 Å². The Morgan fingerprint density at radius 3 is 2.85 bits per heavy atom. The monoisotopic (exact) mass is 282 g/mol. The molecule has 0 aliphatic carbocycles. The highest BCUT2D eigenvalue weighted by atomic mass is 16.5. The van der Waals surface area contributed by atoms with E-state index in [1.807, 2.05) is 0 Å². The summed E-state index contributed by atoms with van der Waals surface area (Å²) in [5.74, 6) is 0.162. The Bertz CT molecular complexity index is 505. The van der Waals surface area contributed by atoms with Crippen molar-refractivity contribution >= 4 is 11.7 Å². The first-order chi connectivity index (χ1) is 9.58. The quantitative estimate of drug-likeness (QED) is 0.312. The third-order valence-corrected chi connectivity index (χ3v) is 3.48. The van der Waals surface area contributed by atoms with Gasteiger partial charge in [-0.1, -0.05) is 10.3 Å². The molecule has 1 aromatic rings. The Kier molecular flexibility index (Phi) is 4.23. The topological polar surface area (TPSA) is 123 Å². The summed E-state index contributed by atoms with van der Waals surface area (Å²) in [6.07, 6.45) is 0.758. The van der Waals surface area contributed by atoms with Crippen LogP contribution in [-0.4, -0.2) is 35.3 Å². The van der Waals surface area contributed by atoms with Crippen molar-refractivity contribution in [1.82, 2.24) is 10.5 Å². The van der Waals surface area contributed by atoms with Gasteiger partial charge in [0.15, 0.2) is 11.6 Å². The summed E-state index contributed by atoms with van der Waals surface area (Å²) in [6, 6.07) is 1.74. The van der Waals surface area contributed by atoms with Crippen LogP contribution < -0.4 is 11.1 Å². The molecule has 0 spiro atoms. The summed E-state index contributed by atoms with van der Waals surface area (Å²) in [7, 11) is 0. The maximum atomic E-state index is 12.4. The molecule has 0 aromatic carbocycles. The van der Waals surface area contributed by atoms with Crippen molar-refractivity contribution < 1.29 is 19.3 Å². The number of nitrogens with two attached hydrogens (primary N) is 1. The molecule has 4 N–H and O–H groups in total. The van der Waals surface area contributed by atoms with Gasteiger partial charge in [0.25, 0.3) is 0 Å². The van der Waals surface area contributed by atoms with Crippen molar-refractivity contribution in [3.63, 3.8) is 0 Å². The predicted molar refractivity (Wildman–Crippen MR) is 69.0 cm³/mol. The predicted octanol–water partition coefficient (Wildman–Crippen LogP) is 0.142. The lowest BCUT2D eigenvalue weighted by Crippen LogP contribution is -2.52. The van der Waals surface area contributed by atoms with E-state index in [0.29, 0.717) is 31.8 Å². The molecule has 1 aliphatic rings. The number of hydrogen-bond acceptors (Lipinski definition) is 6. The second kappa shape index (κ2) is 5.91. The number of hydrogen-bond donors (Lipinski definition) is 3. The first kappa shape index (κ1) is 14.3. The number of carbonyl (C=O) groups excluding carboxylic acids is 1. The molecule has 20 heavy (non-hydrogen) atoms. The highest BCUT2D eigenvalue weighted by Gasteiger charge is 2.44. The second-order valence-electron chi connectivity index (χ2n) is 4.80. The SMILES string of the molecule is Cc1cc(CNC(=O)C2(C(N)=NO)CCOCC2)on1. The lowest BCUT2D eigenvalue weighted by atomic mass is 9.78. The van der Waals surface area contributed by atoms with Crippen LogP contribution in [0.1, 0.15) is 24.3 Å². The molecular formula is C12H18N4O4. The van der Waals surface area contributed by atoms with E-state index in [1.165, 1.54) is 0 Å². The Morgan fingerprint density at radius 2 is 2.30 bits per heavy atom. The van der Waals surface area contributed by atoms with E-state index in [1.54, 1.807) is 13.0 Å². The zero-order valence-corrected chi connectivity index (χ0v) is 11.3. The summed E-state index contributed by atoms with van der Waals surface area (Å²) in [5.41, 5.74) is 5.42. The van der Waals surface area contributed by atoms with Gasteiger partial charge in [-0.3, -0.25) is 4.79 Å². The summed E-state index contributed by atoms with van der Waals surface area (Å²) >= 11 is 0. The summed E-state index contributed by atoms with van der Waals surface area (Å²) in [5, 5.41) is 18.4. The number of rotatable bonds is 4. The van der Waals surface area contributed by atoms with E-state index in [9.17, 15) is 4.79 Å². The Hall–Kier alpha value is -2.09. The van der Waals surface area contributed by atoms with Crippen LogP contribution in [0.4, 0.5) is 0 Å². The number of amides is 1. The molecule has 2 rings (SSSR count). The van der Waals surface area contributed by atoms with Crippen LogP contribution >= 0.6 is 0 Å². The van der Waals surface area contributed by atoms with E-state index in [4.69, 9.17) is 20.2 Å². The smallest absolute Gasteiger partial charge is 0.234 e. The number of ether oxygens (including phenoxy) is 1. The number of aryl methyl sites for hydroxylation is 1. The maximum absolute atomic E-state index is 12.4. The summed E-state index contributed by atoms with van der Waals surface area (Å²) in [4.78, 5) is 12.4. The van der Waals surface area contributed by atoms with Gasteiger partial charge in [-0.05, 0) is 19.8 Å². The minimum absolute atomic E-state index is 0.0907. The van der Waals surface area contributed by atoms with Crippen LogP contribution in [0.3, 0.4) is 0 Å². The zero-order valence-electron chi connectivity index (χ0n) is 11.3. The van der Waals surface area contributed by atoms with Gasteiger partial charge in [0.1, 0.15) is 5.41 Å². The minimum Gasteiger partial charge on any atom is -0.409 e. The fourth-order valence-corrected chi connectivity index (χ4v) is 2.25. The van der Waals surface area contributed by atoms with E-state index in [2.05, 4.69) is 15.6 Å². The first-order valence-corrected chi connectivity index (χ1v) is 6.35. The lowest BCUT2D eigenvalue weighted by molar-refractivity contribution is -0.131. The fraction of sp³-hybridized carbons (Fsp3) is 0.583. The van der Waals surface area contributed by atoms with Gasteiger partial charge >= 0.3 is 0 Å². The normalized spacial score (nSPS) is 18.8. The first-order valence-electron chi connectivity index (χ1n) is 6.35. The average Bonchev–Trinajstić information content (AvgIpc) is 2.90. The van der Waals surface area contributed by atoms with Crippen molar-refractivity contribution in [2.45, 2.75) is 26.3 Å². The molecule has 110 valence electrons. The average molecular weight is 282 g/mol. The highest BCUT2D eigenvalue weighted by molar-refractivity contribution is 6.06. The van der Waals surface area contributed by atoms with Crippen molar-refractivity contribution in [3.8, 4) is 0 Å². The van der Waals surface area contributed by atoms with Crippen LogP contribution in [0.25, 0.3) is 0 Å². The van der Waals surface area contributed by atoms with Crippen LogP contribution in [0.2, 0.25) is 0 Å². The molecular weight excluding hydrogens is 264 g/mol. The molecule has 1 saturated heterocycles. The number of carbonyl (C=O) groups is 1. The number of aromatic nitrogens is 1. The largest absolute Gasteiger partial charge is 0.409 e. The van der Waals surface area contributed by atoms with E-state index in [-0.39, 0.29) is 18.3 Å². The highest BCUT2D eigenvalue weighted by Crippen LogP contribution is 2.31. The van der Waals surface area contributed by atoms with Crippen LogP contribution in [0, 0.1) is 12.3 Å². The fourth-order valence-electron chi connectivity index (χ4n) is 2.25. The minimum atomic E-state index is -1.03. The van der Waals surface area contributed by atoms with Crippen LogP contribution in [0.5, 0.6) is 0 Å². The standard InChI is InChI=1S/C12H18N4O4/c1-8-6-9(20-16-8)7-14-11(17)12(10(13)15-18)2-4-19-5-3-12/h6,18H,2-5,7H2,1H3,(H2,13,15)(H,14,17). The van der Waals surface area contributed by atoms with E-state index < -0.39 is 5.41 Å². The molecule has 0 unspecified atom stereocenters. The van der Waals surface area contributed by atoms with Gasteiger partial charge in [-0.2, -0.15) is 0 Å². The number of amidine groups is 1. The Balaban J connectivity index is 2.07. The molecule has 0 radical (unpaired) electrons. The summed E-state index contributed by atoms with van der Waals surface area (Å²) < 4.78 is 10.3. The van der Waals surface area contributed by atoms with Gasteiger partial charge in [0.2, 0.25) is 5.91 Å². The number of nitrogens with zero attached hydrogens (tertiary/aromatic N) is 2. The third-order valence-electron chi connectivity index (χ3n) is 3.48. The van der Waals surface area contributed by atoms with E-state index >= 15 is 0 Å². The molecule has 8 heteroatoms. The molecule has 8 nitrogen and oxygen atoms in total.